The molecule has 9 nitrogen and oxygen atoms in total. The van der Waals surface area contributed by atoms with E-state index < -0.39 is 20.0 Å². The van der Waals surface area contributed by atoms with Crippen molar-refractivity contribution in [2.24, 2.45) is 0 Å². The summed E-state index contributed by atoms with van der Waals surface area (Å²) in [4.78, 5) is 4.08. The molecule has 2 heterocycles. The third-order valence-corrected chi connectivity index (χ3v) is 7.95. The maximum absolute atomic E-state index is 12.6. The average Bonchev–Trinajstić information content (AvgIpc) is 3.28. The molecule has 0 bridgehead atoms. The van der Waals surface area contributed by atoms with Crippen molar-refractivity contribution in [3.8, 4) is 0 Å². The largest absolute Gasteiger partial charge is 0.360 e. The Hall–Kier alpha value is -2.96. The smallest absolute Gasteiger partial charge is 0.289 e. The highest BCUT2D eigenvalue weighted by molar-refractivity contribution is 7.94. The van der Waals surface area contributed by atoms with E-state index in [0.717, 1.165) is 16.0 Å². The van der Waals surface area contributed by atoms with Crippen LogP contribution in [-0.4, -0.2) is 27.0 Å². The summed E-state index contributed by atoms with van der Waals surface area (Å²) in [5.74, 6) is 0.519. The van der Waals surface area contributed by atoms with Crippen molar-refractivity contribution in [3.63, 3.8) is 0 Å². The molecule has 0 fully saturated rings. The first-order valence-electron chi connectivity index (χ1n) is 8.17. The predicted molar refractivity (Wildman–Crippen MR) is 109 cm³/mol. The Labute approximate surface area is 170 Å². The second kappa shape index (κ2) is 7.13. The molecule has 0 radical (unpaired) electrons. The molecule has 0 saturated carbocycles. The monoisotopic (exact) mass is 450 g/mol. The van der Waals surface area contributed by atoms with Gasteiger partial charge in [-0.2, -0.15) is 8.42 Å². The molecule has 4 rings (SSSR count). The molecule has 0 aliphatic carbocycles. The standard InChI is InChI=1S/C17H14N4O5S3/c1-11-10-16(19-26-11)21-28(22,23)13-8-6-12(7-9-13)20-29(24,25)17-18-14-4-2-3-5-15(14)27-17/h2-10,20H,1H3,(H,19,21). The third-order valence-electron chi connectivity index (χ3n) is 3.79. The second-order valence-electron chi connectivity index (χ2n) is 6.01. The molecule has 4 aromatic rings. The minimum absolute atomic E-state index is 0.0545. The van der Waals surface area contributed by atoms with Crippen molar-refractivity contribution >= 4 is 53.1 Å². The summed E-state index contributed by atoms with van der Waals surface area (Å²) in [6.45, 7) is 1.64. The Balaban J connectivity index is 1.54. The number of hydrogen-bond donors (Lipinski definition) is 2. The van der Waals surface area contributed by atoms with Crippen LogP contribution in [0.5, 0.6) is 0 Å². The molecule has 150 valence electrons. The van der Waals surface area contributed by atoms with Gasteiger partial charge in [-0.05, 0) is 43.3 Å². The minimum atomic E-state index is -3.90. The molecule has 0 unspecified atom stereocenters. The van der Waals surface area contributed by atoms with Gasteiger partial charge in [0, 0.05) is 11.8 Å². The van der Waals surface area contributed by atoms with Crippen LogP contribution in [0.15, 0.2) is 68.4 Å². The van der Waals surface area contributed by atoms with Crippen LogP contribution in [-0.2, 0) is 20.0 Å². The molecule has 29 heavy (non-hydrogen) atoms. The Morgan fingerprint density at radius 1 is 0.931 bits per heavy atom. The number of nitrogens with one attached hydrogen (secondary N) is 2. The molecular formula is C17H14N4O5S3. The summed E-state index contributed by atoms with van der Waals surface area (Å²) < 4.78 is 60.1. The fraction of sp³-hybridized carbons (Fsp3) is 0.0588. The van der Waals surface area contributed by atoms with E-state index in [0.29, 0.717) is 11.3 Å². The lowest BCUT2D eigenvalue weighted by atomic mass is 10.3. The fourth-order valence-corrected chi connectivity index (χ4v) is 5.74. The van der Waals surface area contributed by atoms with Gasteiger partial charge in [0.2, 0.25) is 4.34 Å². The van der Waals surface area contributed by atoms with Gasteiger partial charge < -0.3 is 4.52 Å². The highest BCUT2D eigenvalue weighted by Gasteiger charge is 2.21. The number of para-hydroxylation sites is 1. The Kier molecular flexibility index (Phi) is 4.76. The lowest BCUT2D eigenvalue weighted by Crippen LogP contribution is -2.14. The van der Waals surface area contributed by atoms with Crippen LogP contribution in [0.3, 0.4) is 0 Å². The number of hydrogen-bond acceptors (Lipinski definition) is 8. The van der Waals surface area contributed by atoms with Crippen LogP contribution in [0.2, 0.25) is 0 Å². The SMILES string of the molecule is Cc1cc(NS(=O)(=O)c2ccc(NS(=O)(=O)c3nc4ccccc4s3)cc2)no1. The van der Waals surface area contributed by atoms with Crippen molar-refractivity contribution < 1.29 is 21.4 Å². The summed E-state index contributed by atoms with van der Waals surface area (Å²) in [7, 11) is -7.79. The van der Waals surface area contributed by atoms with E-state index in [-0.39, 0.29) is 20.7 Å². The third kappa shape index (κ3) is 4.09. The van der Waals surface area contributed by atoms with Gasteiger partial charge in [0.1, 0.15) is 5.76 Å². The van der Waals surface area contributed by atoms with Gasteiger partial charge in [0.25, 0.3) is 20.0 Å². The number of rotatable bonds is 6. The number of aryl methyl sites for hydroxylation is 1. The number of benzene rings is 2. The Morgan fingerprint density at radius 3 is 2.31 bits per heavy atom. The topological polar surface area (TPSA) is 131 Å². The van der Waals surface area contributed by atoms with Gasteiger partial charge in [0.05, 0.1) is 15.1 Å². The number of aromatic nitrogens is 2. The quantitative estimate of drug-likeness (QED) is 0.461. The zero-order chi connectivity index (χ0) is 20.6. The van der Waals surface area contributed by atoms with E-state index in [1.165, 1.54) is 30.3 Å². The van der Waals surface area contributed by atoms with Gasteiger partial charge in [-0.25, -0.2) is 13.4 Å². The van der Waals surface area contributed by atoms with E-state index in [1.807, 2.05) is 0 Å². The first-order chi connectivity index (χ1) is 13.7. The van der Waals surface area contributed by atoms with E-state index in [2.05, 4.69) is 19.6 Å². The molecule has 0 aliphatic heterocycles. The van der Waals surface area contributed by atoms with Gasteiger partial charge in [-0.3, -0.25) is 9.44 Å². The van der Waals surface area contributed by atoms with E-state index in [1.54, 1.807) is 31.2 Å². The van der Waals surface area contributed by atoms with E-state index >= 15 is 0 Å². The maximum atomic E-state index is 12.6. The molecule has 2 aromatic carbocycles. The molecule has 0 saturated heterocycles. The summed E-state index contributed by atoms with van der Waals surface area (Å²) >= 11 is 1.05. The zero-order valence-electron chi connectivity index (χ0n) is 14.9. The van der Waals surface area contributed by atoms with Crippen molar-refractivity contribution in [2.45, 2.75) is 16.2 Å². The normalized spacial score (nSPS) is 12.2. The fourth-order valence-electron chi connectivity index (χ4n) is 2.48. The van der Waals surface area contributed by atoms with Crippen LogP contribution in [0.25, 0.3) is 10.2 Å². The Bertz CT molecular complexity index is 1360. The van der Waals surface area contributed by atoms with Crippen molar-refractivity contribution in [1.82, 2.24) is 10.1 Å². The number of sulfonamides is 2. The molecule has 2 aromatic heterocycles. The van der Waals surface area contributed by atoms with Gasteiger partial charge >= 0.3 is 0 Å². The number of fused-ring (bicyclic) bond motifs is 1. The molecular weight excluding hydrogens is 436 g/mol. The van der Waals surface area contributed by atoms with Crippen LogP contribution >= 0.6 is 11.3 Å². The molecule has 2 N–H and O–H groups in total. The number of anilines is 2. The van der Waals surface area contributed by atoms with Crippen molar-refractivity contribution in [3.05, 3.63) is 60.4 Å². The molecule has 0 spiro atoms. The van der Waals surface area contributed by atoms with Crippen molar-refractivity contribution in [2.75, 3.05) is 9.44 Å². The highest BCUT2D eigenvalue weighted by atomic mass is 32.2. The van der Waals surface area contributed by atoms with Gasteiger partial charge in [-0.15, -0.1) is 11.3 Å². The minimum Gasteiger partial charge on any atom is -0.360 e. The van der Waals surface area contributed by atoms with Crippen molar-refractivity contribution in [1.29, 1.82) is 0 Å². The first kappa shape index (κ1) is 19.4. The summed E-state index contributed by atoms with van der Waals surface area (Å²) in [6.07, 6.45) is 0. The molecule has 12 heteroatoms. The van der Waals surface area contributed by atoms with E-state index in [4.69, 9.17) is 4.52 Å². The summed E-state index contributed by atoms with van der Waals surface area (Å²) in [6, 6.07) is 13.8. The number of thiazole rings is 1. The Morgan fingerprint density at radius 2 is 1.66 bits per heavy atom. The average molecular weight is 451 g/mol. The number of nitrogens with zero attached hydrogens (tertiary/aromatic N) is 2. The molecule has 0 amide bonds. The molecule has 0 aliphatic rings. The molecule has 0 atom stereocenters. The lowest BCUT2D eigenvalue weighted by Gasteiger charge is -2.08. The summed E-state index contributed by atoms with van der Waals surface area (Å²) in [5, 5.41) is 3.58. The van der Waals surface area contributed by atoms with E-state index in [9.17, 15) is 16.8 Å². The van der Waals surface area contributed by atoms with Gasteiger partial charge in [0.15, 0.2) is 5.82 Å². The zero-order valence-corrected chi connectivity index (χ0v) is 17.3. The lowest BCUT2D eigenvalue weighted by molar-refractivity contribution is 0.400. The highest BCUT2D eigenvalue weighted by Crippen LogP contribution is 2.27. The summed E-state index contributed by atoms with van der Waals surface area (Å²) in [5.41, 5.74) is 0.800. The maximum Gasteiger partial charge on any atom is 0.289 e. The first-order valence-corrected chi connectivity index (χ1v) is 12.0. The second-order valence-corrected chi connectivity index (χ2v) is 10.6. The van der Waals surface area contributed by atoms with Gasteiger partial charge in [-0.1, -0.05) is 17.3 Å². The van der Waals surface area contributed by atoms with Crippen LogP contribution in [0, 0.1) is 6.92 Å². The predicted octanol–water partition coefficient (Wildman–Crippen LogP) is 3.19. The van der Waals surface area contributed by atoms with Crippen LogP contribution in [0.1, 0.15) is 5.76 Å². The van der Waals surface area contributed by atoms with Crippen LogP contribution in [0.4, 0.5) is 11.5 Å². The van der Waals surface area contributed by atoms with Crippen LogP contribution < -0.4 is 9.44 Å².